The van der Waals surface area contributed by atoms with Crippen molar-refractivity contribution in [3.8, 4) is 0 Å². The summed E-state index contributed by atoms with van der Waals surface area (Å²) in [5, 5.41) is 9.67. The van der Waals surface area contributed by atoms with Gasteiger partial charge in [-0.05, 0) is 22.6 Å². The monoisotopic (exact) mass is 352 g/mol. The second-order valence-electron chi connectivity index (χ2n) is 3.83. The van der Waals surface area contributed by atoms with Gasteiger partial charge < -0.3 is 21.3 Å². The fourth-order valence-electron chi connectivity index (χ4n) is 1.76. The summed E-state index contributed by atoms with van der Waals surface area (Å²) in [7, 11) is 0. The minimum absolute atomic E-state index is 0.195. The number of nitrogen functional groups attached to an aromatic ring is 1. The van der Waals surface area contributed by atoms with Gasteiger partial charge in [-0.2, -0.15) is 4.98 Å². The lowest BCUT2D eigenvalue weighted by atomic mass is 10.2. The van der Waals surface area contributed by atoms with Gasteiger partial charge >= 0.3 is 5.69 Å². The summed E-state index contributed by atoms with van der Waals surface area (Å²) in [5.41, 5.74) is 10.5. The molecule has 94 valence electrons. The number of nitrogens with zero attached hydrogens (tertiary/aromatic N) is 2. The lowest BCUT2D eigenvalue weighted by Gasteiger charge is -2.15. The molecule has 2 rings (SSSR count). The Hall–Kier alpha value is -0.710. The molecule has 0 saturated carbocycles. The molecule has 1 aliphatic heterocycles. The first-order chi connectivity index (χ1) is 8.02. The van der Waals surface area contributed by atoms with Gasteiger partial charge in [0.15, 0.2) is 0 Å². The van der Waals surface area contributed by atoms with E-state index in [0.29, 0.717) is 9.99 Å². The average molecular weight is 352 g/mol. The van der Waals surface area contributed by atoms with E-state index in [1.807, 2.05) is 22.6 Å². The molecule has 17 heavy (non-hydrogen) atoms. The van der Waals surface area contributed by atoms with E-state index in [-0.39, 0.29) is 12.4 Å². The number of rotatable bonds is 2. The Morgan fingerprint density at radius 2 is 2.41 bits per heavy atom. The number of hydrogen-bond donors (Lipinski definition) is 3. The maximum atomic E-state index is 11.7. The molecule has 1 aliphatic rings. The summed E-state index contributed by atoms with van der Waals surface area (Å²) < 4.78 is 7.48. The van der Waals surface area contributed by atoms with Crippen molar-refractivity contribution >= 4 is 28.4 Å². The van der Waals surface area contributed by atoms with E-state index in [1.54, 1.807) is 6.20 Å². The van der Waals surface area contributed by atoms with Gasteiger partial charge in [0.1, 0.15) is 12.0 Å². The Morgan fingerprint density at radius 3 is 3.00 bits per heavy atom. The first-order valence-corrected chi connectivity index (χ1v) is 6.18. The number of aromatic nitrogens is 2. The minimum atomic E-state index is -0.660. The molecule has 1 aromatic heterocycles. The number of aliphatic hydroxyl groups excluding tert-OH is 1. The maximum absolute atomic E-state index is 11.7. The molecule has 8 heteroatoms. The Labute approximate surface area is 111 Å². The molecule has 0 spiro atoms. The van der Waals surface area contributed by atoms with Gasteiger partial charge in [0, 0.05) is 19.2 Å². The first-order valence-electron chi connectivity index (χ1n) is 5.10. The molecular formula is C9H13IN4O3. The average Bonchev–Trinajstić information content (AvgIpc) is 2.65. The van der Waals surface area contributed by atoms with E-state index in [9.17, 15) is 9.90 Å². The highest BCUT2D eigenvalue weighted by Gasteiger charge is 2.34. The van der Waals surface area contributed by atoms with Crippen molar-refractivity contribution in [1.29, 1.82) is 0 Å². The van der Waals surface area contributed by atoms with Crippen LogP contribution >= 0.6 is 22.6 Å². The van der Waals surface area contributed by atoms with Crippen LogP contribution in [0.3, 0.4) is 0 Å². The van der Waals surface area contributed by atoms with Crippen molar-refractivity contribution in [2.45, 2.75) is 24.9 Å². The Morgan fingerprint density at radius 1 is 1.71 bits per heavy atom. The quantitative estimate of drug-likeness (QED) is 0.591. The molecule has 0 bridgehead atoms. The summed E-state index contributed by atoms with van der Waals surface area (Å²) in [5.74, 6) is 0.195. The molecule has 7 nitrogen and oxygen atoms in total. The second kappa shape index (κ2) is 4.88. The predicted octanol–water partition coefficient (Wildman–Crippen LogP) is -0.963. The SMILES string of the molecule is NC[C@H]1O[C@@H](n2cc(I)c(N)nc2=O)CC1O. The van der Waals surface area contributed by atoms with Gasteiger partial charge in [-0.3, -0.25) is 4.57 Å². The highest BCUT2D eigenvalue weighted by Crippen LogP contribution is 2.27. The van der Waals surface area contributed by atoms with Gasteiger partial charge in [-0.1, -0.05) is 0 Å². The zero-order chi connectivity index (χ0) is 12.6. The van der Waals surface area contributed by atoms with Crippen LogP contribution in [0.1, 0.15) is 12.6 Å². The van der Waals surface area contributed by atoms with E-state index in [0.717, 1.165) is 0 Å². The standard InChI is InChI=1S/C9H13IN4O3/c10-4-3-14(9(16)13-8(4)12)7-1-5(15)6(2-11)17-7/h3,5-7,15H,1-2,11H2,(H2,12,13,16)/t5?,6-,7-/m1/s1. The molecule has 0 amide bonds. The number of hydrogen-bond acceptors (Lipinski definition) is 6. The molecule has 1 unspecified atom stereocenters. The van der Waals surface area contributed by atoms with Crippen LogP contribution in [-0.2, 0) is 4.74 Å². The summed E-state index contributed by atoms with van der Waals surface area (Å²) in [6, 6.07) is 0. The summed E-state index contributed by atoms with van der Waals surface area (Å²) >= 11 is 1.98. The van der Waals surface area contributed by atoms with Crippen LogP contribution in [0.25, 0.3) is 0 Å². The lowest BCUT2D eigenvalue weighted by molar-refractivity contribution is -0.0151. The first kappa shape index (κ1) is 12.7. The van der Waals surface area contributed by atoms with E-state index in [4.69, 9.17) is 16.2 Å². The third-order valence-corrected chi connectivity index (χ3v) is 3.51. The van der Waals surface area contributed by atoms with Crippen molar-refractivity contribution in [1.82, 2.24) is 9.55 Å². The van der Waals surface area contributed by atoms with Gasteiger partial charge in [-0.25, -0.2) is 4.79 Å². The third kappa shape index (κ3) is 2.44. The minimum Gasteiger partial charge on any atom is -0.390 e. The van der Waals surface area contributed by atoms with Gasteiger partial charge in [-0.15, -0.1) is 0 Å². The maximum Gasteiger partial charge on any atom is 0.351 e. The molecule has 0 aliphatic carbocycles. The van der Waals surface area contributed by atoms with E-state index >= 15 is 0 Å². The summed E-state index contributed by atoms with van der Waals surface area (Å²) in [6.07, 6.45) is 0.257. The zero-order valence-electron chi connectivity index (χ0n) is 8.91. The lowest BCUT2D eigenvalue weighted by Crippen LogP contribution is -2.30. The Bertz CT molecular complexity index is 478. The van der Waals surface area contributed by atoms with Crippen LogP contribution < -0.4 is 17.2 Å². The van der Waals surface area contributed by atoms with Crippen molar-refractivity contribution in [3.05, 3.63) is 20.3 Å². The van der Waals surface area contributed by atoms with Crippen molar-refractivity contribution in [2.75, 3.05) is 12.3 Å². The van der Waals surface area contributed by atoms with Crippen molar-refractivity contribution in [3.63, 3.8) is 0 Å². The van der Waals surface area contributed by atoms with Gasteiger partial charge in [0.05, 0.1) is 15.8 Å². The molecule has 3 atom stereocenters. The number of anilines is 1. The number of ether oxygens (including phenoxy) is 1. The van der Waals surface area contributed by atoms with Crippen LogP contribution in [0.15, 0.2) is 11.0 Å². The molecule has 1 saturated heterocycles. The predicted molar refractivity (Wildman–Crippen MR) is 69.2 cm³/mol. The van der Waals surface area contributed by atoms with Crippen LogP contribution in [0.2, 0.25) is 0 Å². The molecule has 2 heterocycles. The van der Waals surface area contributed by atoms with Crippen LogP contribution in [-0.4, -0.2) is 33.4 Å². The fourth-order valence-corrected chi connectivity index (χ4v) is 2.18. The van der Waals surface area contributed by atoms with E-state index in [2.05, 4.69) is 4.98 Å². The van der Waals surface area contributed by atoms with E-state index < -0.39 is 24.1 Å². The largest absolute Gasteiger partial charge is 0.390 e. The number of nitrogens with two attached hydrogens (primary N) is 2. The summed E-state index contributed by atoms with van der Waals surface area (Å²) in [4.78, 5) is 15.3. The van der Waals surface area contributed by atoms with E-state index in [1.165, 1.54) is 4.57 Å². The van der Waals surface area contributed by atoms with Crippen LogP contribution in [0, 0.1) is 3.57 Å². The van der Waals surface area contributed by atoms with Crippen molar-refractivity contribution < 1.29 is 9.84 Å². The molecule has 5 N–H and O–H groups in total. The molecular weight excluding hydrogens is 339 g/mol. The Balaban J connectivity index is 2.30. The molecule has 1 fully saturated rings. The van der Waals surface area contributed by atoms with Crippen LogP contribution in [0.5, 0.6) is 0 Å². The number of aliphatic hydroxyl groups is 1. The fraction of sp³-hybridized carbons (Fsp3) is 0.556. The third-order valence-electron chi connectivity index (χ3n) is 2.68. The second-order valence-corrected chi connectivity index (χ2v) is 4.99. The summed E-state index contributed by atoms with van der Waals surface area (Å²) in [6.45, 7) is 0.214. The topological polar surface area (TPSA) is 116 Å². The molecule has 0 radical (unpaired) electrons. The molecule has 1 aromatic rings. The highest BCUT2D eigenvalue weighted by atomic mass is 127. The molecule has 0 aromatic carbocycles. The van der Waals surface area contributed by atoms with Crippen LogP contribution in [0.4, 0.5) is 5.82 Å². The van der Waals surface area contributed by atoms with Crippen molar-refractivity contribution in [2.24, 2.45) is 5.73 Å². The Kier molecular flexibility index (Phi) is 3.66. The highest BCUT2D eigenvalue weighted by molar-refractivity contribution is 14.1. The number of halogens is 1. The normalized spacial score (nSPS) is 28.5. The van der Waals surface area contributed by atoms with Gasteiger partial charge in [0.2, 0.25) is 0 Å². The van der Waals surface area contributed by atoms with Gasteiger partial charge in [0.25, 0.3) is 0 Å². The smallest absolute Gasteiger partial charge is 0.351 e. The zero-order valence-corrected chi connectivity index (χ0v) is 11.1.